The first-order valence-corrected chi connectivity index (χ1v) is 7.72. The monoisotopic (exact) mass is 303 g/mol. The summed E-state index contributed by atoms with van der Waals surface area (Å²) in [4.78, 5) is 6.58. The highest BCUT2D eigenvalue weighted by Crippen LogP contribution is 2.18. The van der Waals surface area contributed by atoms with Gasteiger partial charge in [0, 0.05) is 25.3 Å². The standard InChI is InChI=1S/C17H22ClN3/c1-4-21(5-2)15-8-6-14(7-9-15)12-19-16-10-11-17(18)20-13(16)3/h6-11,19H,4-5,12H2,1-3H3. The number of rotatable bonds is 6. The maximum Gasteiger partial charge on any atom is 0.129 e. The maximum atomic E-state index is 5.87. The number of nitrogens with one attached hydrogen (secondary N) is 1. The van der Waals surface area contributed by atoms with Crippen LogP contribution in [-0.2, 0) is 6.54 Å². The molecule has 0 bridgehead atoms. The van der Waals surface area contributed by atoms with Gasteiger partial charge in [0.2, 0.25) is 0 Å². The number of hydrogen-bond donors (Lipinski definition) is 1. The van der Waals surface area contributed by atoms with Crippen molar-refractivity contribution in [2.75, 3.05) is 23.3 Å². The Morgan fingerprint density at radius 1 is 1.05 bits per heavy atom. The Hall–Kier alpha value is -1.74. The number of halogens is 1. The third-order valence-corrected chi connectivity index (χ3v) is 3.81. The molecule has 2 rings (SSSR count). The Bertz CT molecular complexity index is 577. The van der Waals surface area contributed by atoms with Crippen molar-refractivity contribution in [1.29, 1.82) is 0 Å². The molecule has 1 N–H and O–H groups in total. The van der Waals surface area contributed by atoms with E-state index in [0.29, 0.717) is 5.15 Å². The van der Waals surface area contributed by atoms with Gasteiger partial charge in [-0.15, -0.1) is 0 Å². The van der Waals surface area contributed by atoms with Crippen molar-refractivity contribution >= 4 is 23.0 Å². The van der Waals surface area contributed by atoms with E-state index in [1.54, 1.807) is 6.07 Å². The first-order chi connectivity index (χ1) is 10.1. The normalized spacial score (nSPS) is 10.5. The lowest BCUT2D eigenvalue weighted by molar-refractivity contribution is 0.865. The number of aryl methyl sites for hydroxylation is 1. The summed E-state index contributed by atoms with van der Waals surface area (Å²) >= 11 is 5.87. The summed E-state index contributed by atoms with van der Waals surface area (Å²) in [6.45, 7) is 9.15. The van der Waals surface area contributed by atoms with E-state index in [0.717, 1.165) is 31.0 Å². The summed E-state index contributed by atoms with van der Waals surface area (Å²) in [5.74, 6) is 0. The van der Waals surface area contributed by atoms with E-state index < -0.39 is 0 Å². The average Bonchev–Trinajstić information content (AvgIpc) is 2.49. The molecular weight excluding hydrogens is 282 g/mol. The van der Waals surface area contributed by atoms with Gasteiger partial charge in [0.25, 0.3) is 0 Å². The zero-order chi connectivity index (χ0) is 15.2. The quantitative estimate of drug-likeness (QED) is 0.796. The van der Waals surface area contributed by atoms with Crippen molar-refractivity contribution in [3.63, 3.8) is 0 Å². The molecule has 0 amide bonds. The van der Waals surface area contributed by atoms with E-state index in [4.69, 9.17) is 11.6 Å². The van der Waals surface area contributed by atoms with Crippen LogP contribution in [0.15, 0.2) is 36.4 Å². The Morgan fingerprint density at radius 3 is 2.29 bits per heavy atom. The summed E-state index contributed by atoms with van der Waals surface area (Å²) in [5.41, 5.74) is 4.46. The van der Waals surface area contributed by atoms with Crippen molar-refractivity contribution < 1.29 is 0 Å². The summed E-state index contributed by atoms with van der Waals surface area (Å²) < 4.78 is 0. The third-order valence-electron chi connectivity index (χ3n) is 3.60. The number of anilines is 2. The largest absolute Gasteiger partial charge is 0.380 e. The summed E-state index contributed by atoms with van der Waals surface area (Å²) in [7, 11) is 0. The Labute approximate surface area is 132 Å². The molecule has 0 aliphatic rings. The lowest BCUT2D eigenvalue weighted by atomic mass is 10.2. The van der Waals surface area contributed by atoms with Crippen LogP contribution < -0.4 is 10.2 Å². The van der Waals surface area contributed by atoms with Gasteiger partial charge in [-0.1, -0.05) is 23.7 Å². The zero-order valence-corrected chi connectivity index (χ0v) is 13.6. The first kappa shape index (κ1) is 15.6. The van der Waals surface area contributed by atoms with Crippen molar-refractivity contribution in [3.8, 4) is 0 Å². The van der Waals surface area contributed by atoms with Gasteiger partial charge in [-0.3, -0.25) is 0 Å². The molecule has 112 valence electrons. The van der Waals surface area contributed by atoms with Gasteiger partial charge in [-0.25, -0.2) is 4.98 Å². The molecule has 21 heavy (non-hydrogen) atoms. The zero-order valence-electron chi connectivity index (χ0n) is 12.9. The molecule has 0 aliphatic heterocycles. The second kappa shape index (κ2) is 7.32. The van der Waals surface area contributed by atoms with E-state index in [1.165, 1.54) is 11.3 Å². The topological polar surface area (TPSA) is 28.2 Å². The van der Waals surface area contributed by atoms with Gasteiger partial charge < -0.3 is 10.2 Å². The van der Waals surface area contributed by atoms with E-state index in [1.807, 2.05) is 13.0 Å². The summed E-state index contributed by atoms with van der Waals surface area (Å²) in [6.07, 6.45) is 0. The predicted octanol–water partition coefficient (Wildman–Crippen LogP) is 4.50. The molecule has 2 aromatic rings. The first-order valence-electron chi connectivity index (χ1n) is 7.35. The van der Waals surface area contributed by atoms with Crippen LogP contribution >= 0.6 is 11.6 Å². The maximum absolute atomic E-state index is 5.87. The van der Waals surface area contributed by atoms with Crippen LogP contribution in [0.3, 0.4) is 0 Å². The van der Waals surface area contributed by atoms with Gasteiger partial charge in [-0.05, 0) is 50.6 Å². The molecule has 4 heteroatoms. The number of nitrogens with zero attached hydrogens (tertiary/aromatic N) is 2. The number of benzene rings is 1. The second-order valence-corrected chi connectivity index (χ2v) is 5.35. The minimum atomic E-state index is 0.529. The van der Waals surface area contributed by atoms with Crippen molar-refractivity contribution in [2.24, 2.45) is 0 Å². The van der Waals surface area contributed by atoms with Crippen LogP contribution in [0, 0.1) is 6.92 Å². The van der Waals surface area contributed by atoms with E-state index in [9.17, 15) is 0 Å². The van der Waals surface area contributed by atoms with Gasteiger partial charge in [0.1, 0.15) is 5.15 Å². The van der Waals surface area contributed by atoms with Crippen LogP contribution in [-0.4, -0.2) is 18.1 Å². The van der Waals surface area contributed by atoms with Gasteiger partial charge >= 0.3 is 0 Å². The molecule has 1 aromatic carbocycles. The molecule has 1 heterocycles. The molecule has 0 atom stereocenters. The molecule has 0 saturated carbocycles. The molecule has 0 fully saturated rings. The van der Waals surface area contributed by atoms with Gasteiger partial charge in [0.05, 0.1) is 11.4 Å². The number of pyridine rings is 1. The fourth-order valence-electron chi connectivity index (χ4n) is 2.33. The minimum absolute atomic E-state index is 0.529. The minimum Gasteiger partial charge on any atom is -0.380 e. The molecule has 0 unspecified atom stereocenters. The highest BCUT2D eigenvalue weighted by molar-refractivity contribution is 6.29. The molecule has 0 radical (unpaired) electrons. The van der Waals surface area contributed by atoms with E-state index in [2.05, 4.69) is 53.3 Å². The summed E-state index contributed by atoms with van der Waals surface area (Å²) in [5, 5.41) is 3.93. The SMILES string of the molecule is CCN(CC)c1ccc(CNc2ccc(Cl)nc2C)cc1. The van der Waals surface area contributed by atoms with Crippen LogP contribution in [0.25, 0.3) is 0 Å². The van der Waals surface area contributed by atoms with Gasteiger partial charge in [0.15, 0.2) is 0 Å². The number of hydrogen-bond acceptors (Lipinski definition) is 3. The van der Waals surface area contributed by atoms with Crippen LogP contribution in [0.5, 0.6) is 0 Å². The van der Waals surface area contributed by atoms with E-state index >= 15 is 0 Å². The van der Waals surface area contributed by atoms with Gasteiger partial charge in [-0.2, -0.15) is 0 Å². The Balaban J connectivity index is 2.00. The number of aromatic nitrogens is 1. The van der Waals surface area contributed by atoms with Crippen molar-refractivity contribution in [3.05, 3.63) is 52.8 Å². The van der Waals surface area contributed by atoms with Crippen LogP contribution in [0.2, 0.25) is 5.15 Å². The Morgan fingerprint density at radius 2 is 1.71 bits per heavy atom. The lowest BCUT2D eigenvalue weighted by Crippen LogP contribution is -2.21. The van der Waals surface area contributed by atoms with E-state index in [-0.39, 0.29) is 0 Å². The highest BCUT2D eigenvalue weighted by Gasteiger charge is 2.03. The smallest absolute Gasteiger partial charge is 0.129 e. The molecule has 1 aromatic heterocycles. The lowest BCUT2D eigenvalue weighted by Gasteiger charge is -2.21. The van der Waals surface area contributed by atoms with Crippen LogP contribution in [0.4, 0.5) is 11.4 Å². The summed E-state index contributed by atoms with van der Waals surface area (Å²) in [6, 6.07) is 12.5. The molecule has 0 aliphatic carbocycles. The molecular formula is C17H22ClN3. The molecule has 0 saturated heterocycles. The van der Waals surface area contributed by atoms with Crippen LogP contribution in [0.1, 0.15) is 25.1 Å². The third kappa shape index (κ3) is 4.11. The highest BCUT2D eigenvalue weighted by atomic mass is 35.5. The Kier molecular flexibility index (Phi) is 5.45. The molecule has 0 spiro atoms. The predicted molar refractivity (Wildman–Crippen MR) is 91.3 cm³/mol. The fourth-order valence-corrected chi connectivity index (χ4v) is 2.52. The van der Waals surface area contributed by atoms with Crippen molar-refractivity contribution in [1.82, 2.24) is 4.98 Å². The average molecular weight is 304 g/mol. The fraction of sp³-hybridized carbons (Fsp3) is 0.353. The van der Waals surface area contributed by atoms with Crippen molar-refractivity contribution in [2.45, 2.75) is 27.3 Å². The second-order valence-electron chi connectivity index (χ2n) is 4.96. The molecule has 3 nitrogen and oxygen atoms in total.